The molecule has 1 aromatic carbocycles. The minimum absolute atomic E-state index is 0. The van der Waals surface area contributed by atoms with Crippen molar-refractivity contribution in [2.24, 2.45) is 0 Å². The molecule has 2 aromatic rings. The van der Waals surface area contributed by atoms with E-state index >= 15 is 0 Å². The Labute approximate surface area is 305 Å². The van der Waals surface area contributed by atoms with Crippen LogP contribution in [0.1, 0.15) is 133 Å². The van der Waals surface area contributed by atoms with Gasteiger partial charge in [0.25, 0.3) is 0 Å². The Hall–Kier alpha value is -0.270. The van der Waals surface area contributed by atoms with Gasteiger partial charge in [0.1, 0.15) is 13.1 Å². The van der Waals surface area contributed by atoms with Crippen LogP contribution in [-0.4, -0.2) is 50.2 Å². The molecule has 44 heavy (non-hydrogen) atoms. The molecule has 1 heterocycles. The monoisotopic (exact) mass is 803 g/mol. The first-order valence-electron chi connectivity index (χ1n) is 17.4. The molecule has 0 N–H and O–H groups in total. The summed E-state index contributed by atoms with van der Waals surface area (Å²) in [6.45, 7) is 10.3. The van der Waals surface area contributed by atoms with Gasteiger partial charge in [-0.05, 0) is 43.9 Å². The van der Waals surface area contributed by atoms with Crippen LogP contribution in [0.3, 0.4) is 0 Å². The smallest absolute Gasteiger partial charge is 0.173 e. The molecule has 0 aliphatic rings. The number of benzene rings is 1. The Morgan fingerprint density at radius 1 is 0.455 bits per heavy atom. The highest BCUT2D eigenvalue weighted by atomic mass is 79.9. The standard InChI is InChI=1S/C38H68N3.3BrH/c1-7-9-11-13-15-17-19-24-28-40(3,4)34-37-30-36(33-39-26-22-21-23-27-39)31-38(32-37)35-41(5,6)29-25-20-18-16-14-12-10-8-2;;;/h21-23,26-27,30-32H,7-20,24-25,28-29,33-35H2,1-6H3;3*1H/q+3;;;/p-3. The summed E-state index contributed by atoms with van der Waals surface area (Å²) in [7, 11) is 9.73. The van der Waals surface area contributed by atoms with Crippen molar-refractivity contribution in [1.82, 2.24) is 0 Å². The lowest BCUT2D eigenvalue weighted by Crippen LogP contribution is -3.00. The number of aromatic nitrogens is 1. The number of unbranched alkanes of at least 4 members (excludes halogenated alkanes) is 14. The van der Waals surface area contributed by atoms with Gasteiger partial charge in [0, 0.05) is 28.8 Å². The van der Waals surface area contributed by atoms with E-state index in [0.717, 1.165) is 28.6 Å². The molecule has 1 aromatic heterocycles. The Balaban J connectivity index is 0. The topological polar surface area (TPSA) is 3.88 Å². The fourth-order valence-electron chi connectivity index (χ4n) is 6.36. The van der Waals surface area contributed by atoms with E-state index in [4.69, 9.17) is 0 Å². The van der Waals surface area contributed by atoms with Gasteiger partial charge in [-0.25, -0.2) is 4.57 Å². The number of halogens is 3. The Morgan fingerprint density at radius 2 is 0.795 bits per heavy atom. The van der Waals surface area contributed by atoms with E-state index in [9.17, 15) is 0 Å². The lowest BCUT2D eigenvalue weighted by Gasteiger charge is -2.32. The van der Waals surface area contributed by atoms with E-state index in [0.29, 0.717) is 0 Å². The second-order valence-corrected chi connectivity index (χ2v) is 14.3. The fraction of sp³-hybridized carbons (Fsp3) is 0.711. The lowest BCUT2D eigenvalue weighted by molar-refractivity contribution is -0.904. The molecule has 3 nitrogen and oxygen atoms in total. The molecular weight excluding hydrogens is 738 g/mol. The van der Waals surface area contributed by atoms with Crippen LogP contribution >= 0.6 is 0 Å². The Kier molecular flexibility index (Phi) is 27.9. The third-order valence-corrected chi connectivity index (χ3v) is 8.71. The zero-order chi connectivity index (χ0) is 29.8. The van der Waals surface area contributed by atoms with Crippen molar-refractivity contribution >= 4 is 0 Å². The molecule has 0 aliphatic carbocycles. The number of pyridine rings is 1. The van der Waals surface area contributed by atoms with Crippen LogP contribution < -0.4 is 55.5 Å². The maximum Gasteiger partial charge on any atom is 0.173 e. The molecule has 0 saturated carbocycles. The number of hydrogen-bond donors (Lipinski definition) is 0. The van der Waals surface area contributed by atoms with Crippen molar-refractivity contribution in [2.45, 2.75) is 136 Å². The summed E-state index contributed by atoms with van der Waals surface area (Å²) in [4.78, 5) is 0. The van der Waals surface area contributed by atoms with Gasteiger partial charge in [0.2, 0.25) is 0 Å². The Morgan fingerprint density at radius 3 is 1.18 bits per heavy atom. The molecule has 0 radical (unpaired) electrons. The van der Waals surface area contributed by atoms with Crippen LogP contribution in [-0.2, 0) is 19.6 Å². The molecule has 2 rings (SSSR count). The van der Waals surface area contributed by atoms with Gasteiger partial charge in [0.15, 0.2) is 18.9 Å². The second-order valence-electron chi connectivity index (χ2n) is 14.3. The molecule has 0 unspecified atom stereocenters. The Bertz CT molecular complexity index is 882. The van der Waals surface area contributed by atoms with Crippen molar-refractivity contribution in [1.29, 1.82) is 0 Å². The van der Waals surface area contributed by atoms with E-state index < -0.39 is 0 Å². The SMILES string of the molecule is CCCCCCCCCC[N+](C)(C)Cc1cc(C[n+]2ccccc2)cc(C[N+](C)(C)CCCCCCCCCC)c1.[Br-].[Br-].[Br-]. The summed E-state index contributed by atoms with van der Waals surface area (Å²) in [5, 5.41) is 0. The van der Waals surface area contributed by atoms with Crippen molar-refractivity contribution in [2.75, 3.05) is 41.3 Å². The van der Waals surface area contributed by atoms with Gasteiger partial charge in [0.05, 0.1) is 41.3 Å². The first-order chi connectivity index (χ1) is 19.7. The third-order valence-electron chi connectivity index (χ3n) is 8.71. The maximum absolute atomic E-state index is 2.53. The van der Waals surface area contributed by atoms with Gasteiger partial charge >= 0.3 is 0 Å². The molecule has 0 aliphatic heterocycles. The van der Waals surface area contributed by atoms with Crippen molar-refractivity contribution in [3.05, 3.63) is 65.5 Å². The lowest BCUT2D eigenvalue weighted by atomic mass is 10.0. The van der Waals surface area contributed by atoms with E-state index in [2.05, 4.69) is 95.4 Å². The fourth-order valence-corrected chi connectivity index (χ4v) is 6.36. The number of rotatable bonds is 24. The van der Waals surface area contributed by atoms with Gasteiger partial charge in [-0.1, -0.05) is 97.0 Å². The number of hydrogen-bond acceptors (Lipinski definition) is 0. The van der Waals surface area contributed by atoms with Crippen molar-refractivity contribution in [3.63, 3.8) is 0 Å². The zero-order valence-electron chi connectivity index (χ0n) is 29.4. The molecule has 0 saturated heterocycles. The summed E-state index contributed by atoms with van der Waals surface area (Å²) in [5.74, 6) is 0. The summed E-state index contributed by atoms with van der Waals surface area (Å²) >= 11 is 0. The largest absolute Gasteiger partial charge is 1.00 e. The zero-order valence-corrected chi connectivity index (χ0v) is 34.2. The van der Waals surface area contributed by atoms with Crippen LogP contribution in [0.15, 0.2) is 48.8 Å². The summed E-state index contributed by atoms with van der Waals surface area (Å²) < 4.78 is 4.46. The normalized spacial score (nSPS) is 11.4. The van der Waals surface area contributed by atoms with Crippen molar-refractivity contribution in [3.8, 4) is 0 Å². The van der Waals surface area contributed by atoms with Crippen LogP contribution in [0.5, 0.6) is 0 Å². The summed E-state index contributed by atoms with van der Waals surface area (Å²) in [6.07, 6.45) is 26.7. The predicted octanol–water partition coefficient (Wildman–Crippen LogP) is 0.469. The van der Waals surface area contributed by atoms with Gasteiger partial charge in [-0.2, -0.15) is 0 Å². The van der Waals surface area contributed by atoms with Crippen molar-refractivity contribution < 1.29 is 64.5 Å². The summed E-state index contributed by atoms with van der Waals surface area (Å²) in [6, 6.07) is 13.9. The van der Waals surface area contributed by atoms with Gasteiger partial charge in [-0.15, -0.1) is 0 Å². The first kappa shape index (κ1) is 45.9. The maximum atomic E-state index is 2.53. The highest BCUT2D eigenvalue weighted by Gasteiger charge is 2.20. The molecule has 0 amide bonds. The molecule has 0 bridgehead atoms. The van der Waals surface area contributed by atoms with E-state index in [1.54, 1.807) is 0 Å². The van der Waals surface area contributed by atoms with Gasteiger partial charge < -0.3 is 59.9 Å². The van der Waals surface area contributed by atoms with E-state index in [1.165, 1.54) is 133 Å². The molecule has 0 spiro atoms. The number of quaternary nitrogens is 2. The predicted molar refractivity (Wildman–Crippen MR) is 179 cm³/mol. The van der Waals surface area contributed by atoms with Crippen LogP contribution in [0.4, 0.5) is 0 Å². The third kappa shape index (κ3) is 22.3. The van der Waals surface area contributed by atoms with Crippen LogP contribution in [0.25, 0.3) is 0 Å². The minimum atomic E-state index is 0. The average Bonchev–Trinajstić information content (AvgIpc) is 2.91. The molecule has 6 heteroatoms. The average molecular weight is 807 g/mol. The molecular formula is C38H68Br3N3. The van der Waals surface area contributed by atoms with E-state index in [-0.39, 0.29) is 50.9 Å². The number of nitrogens with zero attached hydrogens (tertiary/aromatic N) is 3. The van der Waals surface area contributed by atoms with Crippen LogP contribution in [0.2, 0.25) is 0 Å². The molecule has 0 fully saturated rings. The molecule has 256 valence electrons. The van der Waals surface area contributed by atoms with E-state index in [1.807, 2.05) is 0 Å². The first-order valence-corrected chi connectivity index (χ1v) is 17.4. The second kappa shape index (κ2) is 26.8. The summed E-state index contributed by atoms with van der Waals surface area (Å²) in [5.41, 5.74) is 4.45. The quantitative estimate of drug-likeness (QED) is 0.0827. The molecule has 0 atom stereocenters. The van der Waals surface area contributed by atoms with Crippen LogP contribution in [0, 0.1) is 0 Å². The highest BCUT2D eigenvalue weighted by molar-refractivity contribution is 5.29. The van der Waals surface area contributed by atoms with Gasteiger partial charge in [-0.3, -0.25) is 0 Å². The minimum Gasteiger partial charge on any atom is -1.00 e. The highest BCUT2D eigenvalue weighted by Crippen LogP contribution is 2.20.